The molecule has 3 aromatic rings. The van der Waals surface area contributed by atoms with E-state index in [9.17, 15) is 9.18 Å². The Morgan fingerprint density at radius 1 is 0.855 bits per heavy atom. The van der Waals surface area contributed by atoms with Gasteiger partial charge in [0.1, 0.15) is 12.1 Å². The molecule has 1 aliphatic heterocycles. The highest BCUT2D eigenvalue weighted by Crippen LogP contribution is 2.35. The molecule has 2 aromatic carbocycles. The molecule has 0 amide bonds. The molecular weight excluding hydrogens is 762 g/mol. The molecule has 7 rings (SSSR count). The molecule has 62 heavy (non-hydrogen) atoms. The first-order valence-electron chi connectivity index (χ1n) is 24.4. The Bertz CT molecular complexity index is 1650. The van der Waals surface area contributed by atoms with Gasteiger partial charge in [-0.25, -0.2) is 4.39 Å². The van der Waals surface area contributed by atoms with Crippen molar-refractivity contribution in [3.8, 4) is 18.4 Å². The Hall–Kier alpha value is -4.06. The van der Waals surface area contributed by atoms with Crippen molar-refractivity contribution in [3.63, 3.8) is 0 Å². The zero-order chi connectivity index (χ0) is 46.5. The summed E-state index contributed by atoms with van der Waals surface area (Å²) in [5.74, 6) is 5.70. The van der Waals surface area contributed by atoms with Crippen LogP contribution in [0.2, 0.25) is 0 Å². The third kappa shape index (κ3) is 28.5. The number of piperidine rings is 1. The highest BCUT2D eigenvalue weighted by atomic mass is 19.1. The Morgan fingerprint density at radius 2 is 1.47 bits per heavy atom. The molecule has 2 heterocycles. The average Bonchev–Trinajstić information content (AvgIpc) is 4.23. The lowest BCUT2D eigenvalue weighted by molar-refractivity contribution is 0.112. The SMILES string of the molecule is C#CCC.C1CCC1.C=C.CC.CCCCC(C)CCC1CC1.CCCN1CCC(c2cccc(C)n2)CC1.Cc1ccc(C=O)cc1C.N#Cc1ccc(CC2CC2)c(F)c1. The van der Waals surface area contributed by atoms with E-state index in [1.165, 1.54) is 145 Å². The summed E-state index contributed by atoms with van der Waals surface area (Å²) in [5, 5.41) is 8.53. The molecule has 0 spiro atoms. The van der Waals surface area contributed by atoms with Crippen LogP contribution in [0.3, 0.4) is 0 Å². The zero-order valence-corrected chi connectivity index (χ0v) is 41.1. The quantitative estimate of drug-likeness (QED) is 0.103. The smallest absolute Gasteiger partial charge is 0.150 e. The number of pyridine rings is 1. The van der Waals surface area contributed by atoms with Crippen molar-refractivity contribution >= 4 is 6.29 Å². The van der Waals surface area contributed by atoms with Crippen molar-refractivity contribution in [1.82, 2.24) is 9.88 Å². The van der Waals surface area contributed by atoms with E-state index < -0.39 is 0 Å². The van der Waals surface area contributed by atoms with Crippen LogP contribution in [0.25, 0.3) is 0 Å². The van der Waals surface area contributed by atoms with E-state index in [2.05, 4.69) is 74.9 Å². The molecule has 4 fully saturated rings. The van der Waals surface area contributed by atoms with E-state index in [-0.39, 0.29) is 5.82 Å². The van der Waals surface area contributed by atoms with Gasteiger partial charge >= 0.3 is 0 Å². The number of aryl methyl sites for hydroxylation is 3. The standard InChI is InChI=1S/C14H22N2.C11H10FN.C11H22.C9H10O.C4H8.C4H6.C2H6.C2H4/c1-3-9-16-10-7-13(8-11-16)14-6-4-5-12(2)15-14;12-11-6-9(7-13)3-4-10(11)5-8-1-2-8;1-3-4-5-10(2)6-7-11-8-9-11;1-7-3-4-9(6-10)5-8(7)2;1-2-4-3-1;1-3-4-2;2*1-2/h4-6,13H,3,7-11H2,1-2H3;3-4,6,8H,1-2,5H2;10-11H,3-9H2,1-2H3;3-6H,1-2H3;1-4H2;1H,4H2,2H3;1-2H3;1-2H2. The fourth-order valence-corrected chi connectivity index (χ4v) is 6.69. The van der Waals surface area contributed by atoms with Gasteiger partial charge in [-0.1, -0.05) is 136 Å². The Morgan fingerprint density at radius 3 is 1.92 bits per heavy atom. The van der Waals surface area contributed by atoms with E-state index in [0.717, 1.165) is 47.8 Å². The highest BCUT2D eigenvalue weighted by Gasteiger charge is 2.23. The zero-order valence-electron chi connectivity index (χ0n) is 41.1. The van der Waals surface area contributed by atoms with Crippen molar-refractivity contribution in [1.29, 1.82) is 5.26 Å². The summed E-state index contributed by atoms with van der Waals surface area (Å²) in [6.45, 7) is 28.8. The van der Waals surface area contributed by atoms with Crippen molar-refractivity contribution in [2.75, 3.05) is 19.6 Å². The number of carbonyl (C=O) groups excluding carboxylic acids is 1. The van der Waals surface area contributed by atoms with Crippen molar-refractivity contribution in [2.24, 2.45) is 17.8 Å². The third-order valence-electron chi connectivity index (χ3n) is 11.5. The van der Waals surface area contributed by atoms with Gasteiger partial charge in [0, 0.05) is 29.3 Å². The molecular formula is C57H88FN3O. The van der Waals surface area contributed by atoms with Gasteiger partial charge in [0.05, 0.1) is 11.6 Å². The fraction of sp³-hybridized carbons (Fsp3) is 0.596. The van der Waals surface area contributed by atoms with Crippen LogP contribution in [0.5, 0.6) is 0 Å². The first kappa shape index (κ1) is 57.9. The van der Waals surface area contributed by atoms with Crippen molar-refractivity contribution in [3.05, 3.63) is 113 Å². The predicted molar refractivity (Wildman–Crippen MR) is 267 cm³/mol. The van der Waals surface area contributed by atoms with Crippen LogP contribution in [0.15, 0.2) is 67.8 Å². The van der Waals surface area contributed by atoms with Gasteiger partial charge in [0.25, 0.3) is 0 Å². The maximum atomic E-state index is 13.3. The number of hydrogen-bond acceptors (Lipinski definition) is 4. The van der Waals surface area contributed by atoms with Gasteiger partial charge in [-0.15, -0.1) is 25.5 Å². The average molecular weight is 850 g/mol. The molecule has 0 bridgehead atoms. The predicted octanol–water partition coefficient (Wildman–Crippen LogP) is 16.2. The number of aldehydes is 1. The third-order valence-corrected chi connectivity index (χ3v) is 11.5. The minimum Gasteiger partial charge on any atom is -0.303 e. The van der Waals surface area contributed by atoms with Crippen LogP contribution in [-0.2, 0) is 6.42 Å². The highest BCUT2D eigenvalue weighted by molar-refractivity contribution is 5.75. The summed E-state index contributed by atoms with van der Waals surface area (Å²) in [7, 11) is 0. The maximum absolute atomic E-state index is 13.3. The monoisotopic (exact) mass is 850 g/mol. The molecule has 1 aromatic heterocycles. The molecule has 344 valence electrons. The molecule has 0 radical (unpaired) electrons. The van der Waals surface area contributed by atoms with Gasteiger partial charge < -0.3 is 4.90 Å². The van der Waals surface area contributed by atoms with Crippen molar-refractivity contribution < 1.29 is 9.18 Å². The summed E-state index contributed by atoms with van der Waals surface area (Å²) in [5.41, 5.74) is 6.75. The van der Waals surface area contributed by atoms with Gasteiger partial charge in [0.15, 0.2) is 0 Å². The van der Waals surface area contributed by atoms with Gasteiger partial charge in [0.2, 0.25) is 0 Å². The maximum Gasteiger partial charge on any atom is 0.150 e. The second kappa shape index (κ2) is 37.5. The lowest BCUT2D eigenvalue weighted by atomic mass is 9.93. The first-order valence-corrected chi connectivity index (χ1v) is 24.4. The van der Waals surface area contributed by atoms with E-state index in [1.54, 1.807) is 12.1 Å². The topological polar surface area (TPSA) is 57.0 Å². The summed E-state index contributed by atoms with van der Waals surface area (Å²) in [4.78, 5) is 17.5. The van der Waals surface area contributed by atoms with Crippen LogP contribution in [0.1, 0.15) is 201 Å². The number of unbranched alkanes of at least 4 members (excludes halogenated alkanes) is 1. The van der Waals surface area contributed by atoms with E-state index >= 15 is 0 Å². The molecule has 1 atom stereocenters. The lowest BCUT2D eigenvalue weighted by Crippen LogP contribution is -2.33. The normalized spacial score (nSPS) is 15.2. The molecule has 5 heteroatoms. The van der Waals surface area contributed by atoms with Gasteiger partial charge in [-0.3, -0.25) is 9.78 Å². The van der Waals surface area contributed by atoms with Crippen LogP contribution in [0.4, 0.5) is 4.39 Å². The molecule has 0 N–H and O–H groups in total. The van der Waals surface area contributed by atoms with E-state index in [4.69, 9.17) is 11.7 Å². The minimum atomic E-state index is -0.231. The number of halogens is 1. The lowest BCUT2D eigenvalue weighted by Gasteiger charge is -2.31. The Labute approximate surface area is 381 Å². The summed E-state index contributed by atoms with van der Waals surface area (Å²) >= 11 is 0. The second-order valence-corrected chi connectivity index (χ2v) is 17.1. The summed E-state index contributed by atoms with van der Waals surface area (Å²) in [6, 6.07) is 18.7. The number of rotatable bonds is 12. The summed E-state index contributed by atoms with van der Waals surface area (Å²) < 4.78 is 13.3. The largest absolute Gasteiger partial charge is 0.303 e. The van der Waals surface area contributed by atoms with Crippen LogP contribution >= 0.6 is 0 Å². The van der Waals surface area contributed by atoms with Crippen LogP contribution < -0.4 is 0 Å². The van der Waals surface area contributed by atoms with Gasteiger partial charge in [-0.05, 0) is 144 Å². The number of likely N-dealkylation sites (tertiary alicyclic amines) is 1. The number of aromatic nitrogens is 1. The van der Waals surface area contributed by atoms with E-state index in [0.29, 0.717) is 17.4 Å². The number of carbonyl (C=O) groups is 1. The van der Waals surface area contributed by atoms with E-state index in [1.807, 2.05) is 58.9 Å². The fourth-order valence-electron chi connectivity index (χ4n) is 6.69. The second-order valence-electron chi connectivity index (χ2n) is 17.1. The number of hydrogen-bond donors (Lipinski definition) is 0. The first-order chi connectivity index (χ1) is 30.1. The number of benzene rings is 2. The van der Waals surface area contributed by atoms with Crippen LogP contribution in [0, 0.1) is 68.0 Å². The van der Waals surface area contributed by atoms with Crippen LogP contribution in [-0.4, -0.2) is 35.8 Å². The minimum absolute atomic E-state index is 0.231. The molecule has 3 saturated carbocycles. The molecule has 3 aliphatic carbocycles. The molecule has 1 unspecified atom stereocenters. The number of nitrogens with zero attached hydrogens (tertiary/aromatic N) is 3. The van der Waals surface area contributed by atoms with Gasteiger partial charge in [-0.2, -0.15) is 5.26 Å². The Balaban J connectivity index is 0.000000743. The molecule has 1 saturated heterocycles. The number of terminal acetylenes is 1. The number of nitriles is 1. The molecule has 4 aliphatic rings. The molecule has 4 nitrogen and oxygen atoms in total. The Kier molecular flexibility index (Phi) is 35.0. The van der Waals surface area contributed by atoms with Crippen molar-refractivity contribution in [2.45, 2.75) is 184 Å². The summed E-state index contributed by atoms with van der Waals surface area (Å²) in [6.07, 6.45) is 29.9.